The zero-order valence-electron chi connectivity index (χ0n) is 16.8. The maximum absolute atomic E-state index is 13.4. The van der Waals surface area contributed by atoms with Gasteiger partial charge in [0.1, 0.15) is 17.3 Å². The summed E-state index contributed by atoms with van der Waals surface area (Å²) in [6.45, 7) is 0.188. The molecule has 1 atom stereocenters. The van der Waals surface area contributed by atoms with E-state index in [1.807, 2.05) is 30.3 Å². The molecule has 3 aromatic rings. The molecule has 0 saturated carbocycles. The van der Waals surface area contributed by atoms with Gasteiger partial charge in [0.2, 0.25) is 0 Å². The van der Waals surface area contributed by atoms with Crippen molar-refractivity contribution in [3.63, 3.8) is 0 Å². The molecule has 0 spiro atoms. The molecule has 1 saturated heterocycles. The molecular weight excluding hydrogens is 397 g/mol. The minimum atomic E-state index is -0.819. The normalized spacial score (nSPS) is 17.7. The molecular formula is C25H20FNO4. The number of carbonyl (C=O) groups is 2. The molecule has 0 aromatic heterocycles. The van der Waals surface area contributed by atoms with E-state index in [9.17, 15) is 19.1 Å². The second-order valence-electron chi connectivity index (χ2n) is 7.20. The van der Waals surface area contributed by atoms with Crippen LogP contribution in [0.4, 0.5) is 4.39 Å². The van der Waals surface area contributed by atoms with Crippen molar-refractivity contribution in [3.05, 3.63) is 107 Å². The highest BCUT2D eigenvalue weighted by atomic mass is 19.1. The Kier molecular flexibility index (Phi) is 5.54. The van der Waals surface area contributed by atoms with E-state index in [2.05, 4.69) is 0 Å². The fourth-order valence-corrected chi connectivity index (χ4v) is 3.74. The Balaban J connectivity index is 1.87. The van der Waals surface area contributed by atoms with Gasteiger partial charge in [-0.3, -0.25) is 9.59 Å². The number of aliphatic hydroxyl groups excluding tert-OH is 1. The number of hydrogen-bond donors (Lipinski definition) is 1. The average molecular weight is 417 g/mol. The molecule has 1 aliphatic heterocycles. The van der Waals surface area contributed by atoms with Crippen LogP contribution in [0.3, 0.4) is 0 Å². The number of hydrogen-bond acceptors (Lipinski definition) is 4. The van der Waals surface area contributed by atoms with Gasteiger partial charge in [-0.2, -0.15) is 0 Å². The first-order valence-electron chi connectivity index (χ1n) is 9.72. The second-order valence-corrected chi connectivity index (χ2v) is 7.20. The number of amides is 1. The zero-order chi connectivity index (χ0) is 22.0. The van der Waals surface area contributed by atoms with E-state index >= 15 is 0 Å². The van der Waals surface area contributed by atoms with Crippen molar-refractivity contribution in [2.45, 2.75) is 12.6 Å². The Bertz CT molecular complexity index is 1160. The summed E-state index contributed by atoms with van der Waals surface area (Å²) in [4.78, 5) is 27.4. The van der Waals surface area contributed by atoms with Crippen LogP contribution in [0.25, 0.3) is 5.76 Å². The SMILES string of the molecule is COc1cccc(C2/C(=C(/O)c3ccc(F)cc3)C(=O)C(=O)N2Cc2ccccc2)c1. The van der Waals surface area contributed by atoms with Crippen LogP contribution in [0.1, 0.15) is 22.7 Å². The molecule has 31 heavy (non-hydrogen) atoms. The third-order valence-corrected chi connectivity index (χ3v) is 5.26. The first-order chi connectivity index (χ1) is 15.0. The summed E-state index contributed by atoms with van der Waals surface area (Å²) in [5.41, 5.74) is 1.69. The lowest BCUT2D eigenvalue weighted by Gasteiger charge is -2.25. The van der Waals surface area contributed by atoms with E-state index in [1.54, 1.807) is 24.3 Å². The highest BCUT2D eigenvalue weighted by Gasteiger charge is 2.46. The van der Waals surface area contributed by atoms with E-state index in [-0.39, 0.29) is 23.4 Å². The summed E-state index contributed by atoms with van der Waals surface area (Å²) < 4.78 is 18.7. The molecule has 0 radical (unpaired) electrons. The van der Waals surface area contributed by atoms with Crippen LogP contribution in [-0.2, 0) is 16.1 Å². The van der Waals surface area contributed by atoms with Gasteiger partial charge in [0.05, 0.1) is 18.7 Å². The van der Waals surface area contributed by atoms with Gasteiger partial charge in [-0.25, -0.2) is 4.39 Å². The molecule has 4 rings (SSSR count). The largest absolute Gasteiger partial charge is 0.507 e. The lowest BCUT2D eigenvalue weighted by atomic mass is 9.95. The lowest BCUT2D eigenvalue weighted by Crippen LogP contribution is -2.29. The molecule has 1 aliphatic rings. The molecule has 5 nitrogen and oxygen atoms in total. The van der Waals surface area contributed by atoms with Gasteiger partial charge in [0.15, 0.2) is 0 Å². The third-order valence-electron chi connectivity index (χ3n) is 5.26. The molecule has 1 fully saturated rings. The fourth-order valence-electron chi connectivity index (χ4n) is 3.74. The average Bonchev–Trinajstić information content (AvgIpc) is 3.05. The van der Waals surface area contributed by atoms with Crippen LogP contribution in [0.2, 0.25) is 0 Å². The van der Waals surface area contributed by atoms with Gasteiger partial charge in [-0.15, -0.1) is 0 Å². The van der Waals surface area contributed by atoms with Crippen molar-refractivity contribution in [1.82, 2.24) is 4.90 Å². The molecule has 0 bridgehead atoms. The van der Waals surface area contributed by atoms with Gasteiger partial charge in [-0.05, 0) is 47.5 Å². The summed E-state index contributed by atoms with van der Waals surface area (Å²) in [6.07, 6.45) is 0. The maximum Gasteiger partial charge on any atom is 0.295 e. The number of ether oxygens (including phenoxy) is 1. The third kappa shape index (κ3) is 3.92. The Hall–Kier alpha value is -3.93. The van der Waals surface area contributed by atoms with Gasteiger partial charge < -0.3 is 14.7 Å². The van der Waals surface area contributed by atoms with Crippen molar-refractivity contribution >= 4 is 17.4 Å². The molecule has 156 valence electrons. The van der Waals surface area contributed by atoms with Crippen molar-refractivity contribution < 1.29 is 23.8 Å². The number of likely N-dealkylation sites (tertiary alicyclic amines) is 1. The van der Waals surface area contributed by atoms with E-state index in [0.717, 1.165) is 5.56 Å². The number of Topliss-reactive ketones (excluding diaryl/α,β-unsaturated/α-hetero) is 1. The Morgan fingerprint density at radius 1 is 1.00 bits per heavy atom. The smallest absolute Gasteiger partial charge is 0.295 e. The van der Waals surface area contributed by atoms with E-state index < -0.39 is 23.5 Å². The fraction of sp³-hybridized carbons (Fsp3) is 0.120. The summed E-state index contributed by atoms with van der Waals surface area (Å²) in [5, 5.41) is 11.0. The van der Waals surface area contributed by atoms with Gasteiger partial charge in [0, 0.05) is 12.1 Å². The first kappa shape index (κ1) is 20.3. The minimum absolute atomic E-state index is 0.0409. The monoisotopic (exact) mass is 417 g/mol. The zero-order valence-corrected chi connectivity index (χ0v) is 16.8. The number of rotatable bonds is 5. The van der Waals surface area contributed by atoms with E-state index in [0.29, 0.717) is 11.3 Å². The molecule has 1 heterocycles. The quantitative estimate of drug-likeness (QED) is 0.378. The number of ketones is 1. The molecule has 3 aromatic carbocycles. The number of nitrogens with zero attached hydrogens (tertiary/aromatic N) is 1. The highest BCUT2D eigenvalue weighted by molar-refractivity contribution is 6.46. The minimum Gasteiger partial charge on any atom is -0.507 e. The number of benzene rings is 3. The van der Waals surface area contributed by atoms with Crippen LogP contribution >= 0.6 is 0 Å². The first-order valence-corrected chi connectivity index (χ1v) is 9.72. The summed E-state index contributed by atoms with van der Waals surface area (Å²) in [6, 6.07) is 20.6. The van der Waals surface area contributed by atoms with Crippen molar-refractivity contribution in [2.24, 2.45) is 0 Å². The molecule has 1 amide bonds. The molecule has 1 N–H and O–H groups in total. The van der Waals surface area contributed by atoms with Crippen molar-refractivity contribution in [3.8, 4) is 5.75 Å². The number of methoxy groups -OCH3 is 1. The Labute approximate surface area is 179 Å². The van der Waals surface area contributed by atoms with Crippen LogP contribution in [0.5, 0.6) is 5.75 Å². The molecule has 6 heteroatoms. The van der Waals surface area contributed by atoms with Crippen LogP contribution in [-0.4, -0.2) is 28.8 Å². The van der Waals surface area contributed by atoms with Gasteiger partial charge in [0.25, 0.3) is 11.7 Å². The standard InChI is InChI=1S/C25H20FNO4/c1-31-20-9-5-8-18(14-20)22-21(23(28)17-10-12-19(26)13-11-17)24(29)25(30)27(22)15-16-6-3-2-4-7-16/h2-14,22,28H,15H2,1H3/b23-21-. The lowest BCUT2D eigenvalue weighted by molar-refractivity contribution is -0.140. The predicted molar refractivity (Wildman–Crippen MR) is 114 cm³/mol. The Morgan fingerprint density at radius 3 is 2.39 bits per heavy atom. The molecule has 0 aliphatic carbocycles. The maximum atomic E-state index is 13.4. The van der Waals surface area contributed by atoms with Crippen molar-refractivity contribution in [1.29, 1.82) is 0 Å². The Morgan fingerprint density at radius 2 is 1.71 bits per heavy atom. The predicted octanol–water partition coefficient (Wildman–Crippen LogP) is 4.46. The van der Waals surface area contributed by atoms with Gasteiger partial charge >= 0.3 is 0 Å². The summed E-state index contributed by atoms with van der Waals surface area (Å²) in [5.74, 6) is -1.75. The summed E-state index contributed by atoms with van der Waals surface area (Å²) >= 11 is 0. The van der Waals surface area contributed by atoms with Crippen LogP contribution < -0.4 is 4.74 Å². The molecule has 1 unspecified atom stereocenters. The topological polar surface area (TPSA) is 66.8 Å². The number of carbonyl (C=O) groups excluding carboxylic acids is 2. The van der Waals surface area contributed by atoms with E-state index in [1.165, 1.54) is 36.3 Å². The highest BCUT2D eigenvalue weighted by Crippen LogP contribution is 2.41. The number of aliphatic hydroxyl groups is 1. The van der Waals surface area contributed by atoms with E-state index in [4.69, 9.17) is 4.74 Å². The van der Waals surface area contributed by atoms with Gasteiger partial charge in [-0.1, -0.05) is 42.5 Å². The van der Waals surface area contributed by atoms with Crippen LogP contribution in [0, 0.1) is 5.82 Å². The van der Waals surface area contributed by atoms with Crippen LogP contribution in [0.15, 0.2) is 84.4 Å². The summed E-state index contributed by atoms with van der Waals surface area (Å²) in [7, 11) is 1.53. The second kappa shape index (κ2) is 8.44. The number of halogens is 1. The van der Waals surface area contributed by atoms with Crippen molar-refractivity contribution in [2.75, 3.05) is 7.11 Å².